The second kappa shape index (κ2) is 9.44. The Hall–Kier alpha value is -1.22. The van der Waals surface area contributed by atoms with E-state index in [0.29, 0.717) is 25.3 Å². The molecule has 2 heterocycles. The quantitative estimate of drug-likeness (QED) is 0.461. The van der Waals surface area contributed by atoms with Crippen molar-refractivity contribution < 1.29 is 24.4 Å². The minimum Gasteiger partial charge on any atom is -0.489 e. The Bertz CT molecular complexity index is 798. The van der Waals surface area contributed by atoms with Gasteiger partial charge < -0.3 is 35.5 Å². The van der Waals surface area contributed by atoms with Crippen LogP contribution in [0.2, 0.25) is 0 Å². The highest BCUT2D eigenvalue weighted by Gasteiger charge is 2.67. The van der Waals surface area contributed by atoms with Crippen molar-refractivity contribution in [3.8, 4) is 0 Å². The normalized spacial score (nSPS) is 49.6. The molecule has 0 aromatic rings. The lowest BCUT2D eigenvalue weighted by molar-refractivity contribution is -0.0899. The molecule has 33 heavy (non-hydrogen) atoms. The lowest BCUT2D eigenvalue weighted by Gasteiger charge is -2.49. The van der Waals surface area contributed by atoms with Crippen LogP contribution in [-0.4, -0.2) is 72.6 Å². The van der Waals surface area contributed by atoms with Crippen LogP contribution in [-0.2, 0) is 14.2 Å². The summed E-state index contributed by atoms with van der Waals surface area (Å²) in [5, 5.41) is 25.6. The molecule has 1 saturated heterocycles. The molecule has 5 N–H and O–H groups in total. The molecule has 1 unspecified atom stereocenters. The minimum atomic E-state index is -0.677. The minimum absolute atomic E-state index is 0.00397. The van der Waals surface area contributed by atoms with Gasteiger partial charge in [0.25, 0.3) is 0 Å². The van der Waals surface area contributed by atoms with Crippen LogP contribution in [0.1, 0.15) is 34.1 Å². The first-order valence-electron chi connectivity index (χ1n) is 12.4. The first-order chi connectivity index (χ1) is 15.7. The van der Waals surface area contributed by atoms with Crippen LogP contribution in [0.25, 0.3) is 0 Å². The Kier molecular flexibility index (Phi) is 7.12. The van der Waals surface area contributed by atoms with E-state index in [4.69, 9.17) is 19.9 Å². The molecule has 2 fully saturated rings. The third kappa shape index (κ3) is 3.91. The summed E-state index contributed by atoms with van der Waals surface area (Å²) >= 11 is 0. The van der Waals surface area contributed by atoms with E-state index in [2.05, 4.69) is 44.0 Å². The summed E-state index contributed by atoms with van der Waals surface area (Å²) in [6.07, 6.45) is 5.24. The summed E-state index contributed by atoms with van der Waals surface area (Å²) in [6, 6.07) is 0.0231. The zero-order valence-electron chi connectivity index (χ0n) is 20.6. The number of nitrogens with two attached hydrogens (primary N) is 1. The van der Waals surface area contributed by atoms with Crippen LogP contribution in [0, 0.1) is 29.6 Å². The van der Waals surface area contributed by atoms with Crippen molar-refractivity contribution in [3.63, 3.8) is 0 Å². The van der Waals surface area contributed by atoms with E-state index in [9.17, 15) is 10.2 Å². The summed E-state index contributed by atoms with van der Waals surface area (Å²) in [7, 11) is 1.66. The van der Waals surface area contributed by atoms with E-state index in [-0.39, 0.29) is 47.8 Å². The molecule has 12 atom stereocenters. The van der Waals surface area contributed by atoms with Crippen molar-refractivity contribution in [1.82, 2.24) is 5.32 Å². The number of hydrogen-bond acceptors (Lipinski definition) is 7. The maximum absolute atomic E-state index is 11.6. The van der Waals surface area contributed by atoms with Gasteiger partial charge in [-0.3, -0.25) is 0 Å². The first-order valence-corrected chi connectivity index (χ1v) is 12.4. The van der Waals surface area contributed by atoms with Gasteiger partial charge in [0.2, 0.25) is 0 Å². The van der Waals surface area contributed by atoms with Gasteiger partial charge in [0.15, 0.2) is 0 Å². The fraction of sp³-hybridized carbons (Fsp3) is 0.769. The smallest absolute Gasteiger partial charge is 0.130 e. The summed E-state index contributed by atoms with van der Waals surface area (Å²) in [6.45, 7) is 13.4. The third-order valence-electron chi connectivity index (χ3n) is 8.61. The highest BCUT2D eigenvalue weighted by Crippen LogP contribution is 2.60. The standard InChI is InChI=1S/C26H42N2O5/c1-13-11-14(2)26-18(12-20(31-6)17(5)32-24(13)16(4)29)7-8-19-21(26)23(30)15(3)22(25(19)33-26)28-10-9-27/h7-8,11,13,15-16,18-25,28-30H,5,9-10,12,27H2,1-4,6H3/b14-11+/t13-,15?,16-,18-,19-,20+,21+,22+,23-,24+,25-,26+/m1/s1. The monoisotopic (exact) mass is 462 g/mol. The molecule has 0 aromatic heterocycles. The van der Waals surface area contributed by atoms with Gasteiger partial charge in [-0.25, -0.2) is 0 Å². The largest absolute Gasteiger partial charge is 0.489 e. The Morgan fingerprint density at radius 2 is 2.09 bits per heavy atom. The predicted octanol–water partition coefficient (Wildman–Crippen LogP) is 1.75. The Balaban J connectivity index is 1.82. The van der Waals surface area contributed by atoms with Crippen molar-refractivity contribution in [2.45, 2.75) is 76.3 Å². The highest BCUT2D eigenvalue weighted by molar-refractivity contribution is 5.35. The molecule has 1 saturated carbocycles. The van der Waals surface area contributed by atoms with Gasteiger partial charge in [-0.15, -0.1) is 0 Å². The lowest BCUT2D eigenvalue weighted by Crippen LogP contribution is -2.59. The Morgan fingerprint density at radius 1 is 1.36 bits per heavy atom. The molecule has 0 radical (unpaired) electrons. The Morgan fingerprint density at radius 3 is 2.73 bits per heavy atom. The molecule has 0 aromatic carbocycles. The van der Waals surface area contributed by atoms with Gasteiger partial charge in [-0.05, 0) is 25.8 Å². The van der Waals surface area contributed by atoms with Gasteiger partial charge in [-0.1, -0.05) is 38.7 Å². The van der Waals surface area contributed by atoms with Crippen LogP contribution >= 0.6 is 0 Å². The molecule has 2 aliphatic carbocycles. The molecule has 1 spiro atoms. The van der Waals surface area contributed by atoms with E-state index in [0.717, 1.165) is 5.57 Å². The van der Waals surface area contributed by atoms with E-state index in [1.807, 2.05) is 6.92 Å². The molecular formula is C26H42N2O5. The number of methoxy groups -OCH3 is 1. The molecule has 7 nitrogen and oxygen atoms in total. The molecule has 4 rings (SSSR count). The molecule has 0 amide bonds. The predicted molar refractivity (Wildman–Crippen MR) is 127 cm³/mol. The van der Waals surface area contributed by atoms with Gasteiger partial charge in [-0.2, -0.15) is 0 Å². The maximum Gasteiger partial charge on any atom is 0.130 e. The third-order valence-corrected chi connectivity index (χ3v) is 8.61. The summed E-state index contributed by atoms with van der Waals surface area (Å²) in [5.74, 6) is 0.542. The van der Waals surface area contributed by atoms with E-state index in [1.165, 1.54) is 0 Å². The van der Waals surface area contributed by atoms with Crippen molar-refractivity contribution in [3.05, 3.63) is 36.1 Å². The molecular weight excluding hydrogens is 420 g/mol. The van der Waals surface area contributed by atoms with Crippen molar-refractivity contribution in [2.75, 3.05) is 20.2 Å². The Labute approximate surface area is 198 Å². The van der Waals surface area contributed by atoms with E-state index in [1.54, 1.807) is 14.0 Å². The number of aliphatic hydroxyl groups excluding tert-OH is 2. The topological polar surface area (TPSA) is 106 Å². The summed E-state index contributed by atoms with van der Waals surface area (Å²) in [4.78, 5) is 0. The maximum atomic E-state index is 11.6. The molecule has 7 heteroatoms. The fourth-order valence-electron chi connectivity index (χ4n) is 7.03. The lowest BCUT2D eigenvalue weighted by atomic mass is 9.57. The van der Waals surface area contributed by atoms with Crippen LogP contribution in [0.15, 0.2) is 36.1 Å². The van der Waals surface area contributed by atoms with E-state index < -0.39 is 23.9 Å². The summed E-state index contributed by atoms with van der Waals surface area (Å²) < 4.78 is 19.0. The van der Waals surface area contributed by atoms with Gasteiger partial charge in [0.05, 0.1) is 18.3 Å². The van der Waals surface area contributed by atoms with Gasteiger partial charge >= 0.3 is 0 Å². The molecule has 4 bridgehead atoms. The zero-order chi connectivity index (χ0) is 24.1. The number of ether oxygens (including phenoxy) is 3. The number of hydrogen-bond donors (Lipinski definition) is 4. The second-order valence-electron chi connectivity index (χ2n) is 10.5. The fourth-order valence-corrected chi connectivity index (χ4v) is 7.03. The zero-order valence-corrected chi connectivity index (χ0v) is 20.6. The molecule has 2 aliphatic heterocycles. The summed E-state index contributed by atoms with van der Waals surface area (Å²) in [5.41, 5.74) is 6.22. The number of aliphatic hydroxyl groups is 2. The SMILES string of the molecule is C=C1O[C@H]([C@@H](C)O)[C@H](C)/C=C(\C)[C@]23O[C@@H]4[C@H](C=C[C@@H]2C[C@@H]1OC)[C@H]3[C@H](O)C(C)[C@@H]4NCCN. The van der Waals surface area contributed by atoms with Crippen LogP contribution < -0.4 is 11.1 Å². The van der Waals surface area contributed by atoms with Crippen LogP contribution in [0.3, 0.4) is 0 Å². The molecule has 4 aliphatic rings. The second-order valence-corrected chi connectivity index (χ2v) is 10.5. The van der Waals surface area contributed by atoms with Gasteiger partial charge in [0.1, 0.15) is 23.6 Å². The van der Waals surface area contributed by atoms with Crippen molar-refractivity contribution in [2.24, 2.45) is 35.3 Å². The van der Waals surface area contributed by atoms with Crippen molar-refractivity contribution >= 4 is 0 Å². The average molecular weight is 463 g/mol. The number of nitrogens with one attached hydrogen (secondary N) is 1. The van der Waals surface area contributed by atoms with Crippen LogP contribution in [0.4, 0.5) is 0 Å². The number of rotatable bonds is 5. The van der Waals surface area contributed by atoms with Crippen molar-refractivity contribution in [1.29, 1.82) is 0 Å². The van der Waals surface area contributed by atoms with Crippen LogP contribution in [0.5, 0.6) is 0 Å². The molecule has 186 valence electrons. The highest BCUT2D eigenvalue weighted by atomic mass is 16.5. The first kappa shape index (κ1) is 24.9. The van der Waals surface area contributed by atoms with Gasteiger partial charge in [0, 0.05) is 55.8 Å². The van der Waals surface area contributed by atoms with E-state index >= 15 is 0 Å². The average Bonchev–Trinajstić information content (AvgIpc) is 2.96.